The van der Waals surface area contributed by atoms with Crippen molar-refractivity contribution in [1.29, 1.82) is 0 Å². The largest absolute Gasteiger partial charge is 0.381 e. The Balaban J connectivity index is 1.53. The molecule has 3 aromatic carbocycles. The molecule has 3 rings (SSSR count). The Morgan fingerprint density at radius 3 is 2.15 bits per heavy atom. The molecule has 0 aromatic heterocycles. The highest BCUT2D eigenvalue weighted by Gasteiger charge is 2.08. The van der Waals surface area contributed by atoms with Crippen molar-refractivity contribution in [2.45, 2.75) is 13.0 Å². The zero-order valence-corrected chi connectivity index (χ0v) is 14.0. The fraction of sp³-hybridized carbons (Fsp3) is 0.0952. The van der Waals surface area contributed by atoms with Crippen LogP contribution in [0.15, 0.2) is 72.8 Å². The Bertz CT molecular complexity index is 877. The third kappa shape index (κ3) is 4.89. The molecule has 0 saturated heterocycles. The van der Waals surface area contributed by atoms with Crippen LogP contribution in [0.3, 0.4) is 0 Å². The van der Waals surface area contributed by atoms with Crippen molar-refractivity contribution in [1.82, 2.24) is 0 Å². The van der Waals surface area contributed by atoms with Crippen LogP contribution in [0.25, 0.3) is 0 Å². The van der Waals surface area contributed by atoms with Crippen LogP contribution in [0.2, 0.25) is 0 Å². The highest BCUT2D eigenvalue weighted by Crippen LogP contribution is 2.16. The monoisotopic (exact) mass is 352 g/mol. The SMILES string of the molecule is O=C(Cc1ccccc1F)Nc1ccc(NCc2ccc(F)cc2)cc1. The van der Waals surface area contributed by atoms with Gasteiger partial charge in [-0.3, -0.25) is 4.79 Å². The molecule has 132 valence electrons. The lowest BCUT2D eigenvalue weighted by Crippen LogP contribution is -2.15. The van der Waals surface area contributed by atoms with E-state index < -0.39 is 0 Å². The van der Waals surface area contributed by atoms with E-state index in [0.29, 0.717) is 17.8 Å². The highest BCUT2D eigenvalue weighted by molar-refractivity contribution is 5.92. The second-order valence-corrected chi connectivity index (χ2v) is 5.87. The summed E-state index contributed by atoms with van der Waals surface area (Å²) in [5, 5.41) is 5.97. The summed E-state index contributed by atoms with van der Waals surface area (Å²) in [4.78, 5) is 12.0. The predicted octanol–water partition coefficient (Wildman–Crippen LogP) is 4.76. The number of rotatable bonds is 6. The second-order valence-electron chi connectivity index (χ2n) is 5.87. The van der Waals surface area contributed by atoms with Gasteiger partial charge in [-0.05, 0) is 53.6 Å². The summed E-state index contributed by atoms with van der Waals surface area (Å²) in [6, 6.07) is 19.7. The summed E-state index contributed by atoms with van der Waals surface area (Å²) in [5.74, 6) is -0.922. The minimum atomic E-state index is -0.386. The lowest BCUT2D eigenvalue weighted by Gasteiger charge is -2.09. The Morgan fingerprint density at radius 1 is 0.808 bits per heavy atom. The van der Waals surface area contributed by atoms with Crippen LogP contribution in [0.5, 0.6) is 0 Å². The number of benzene rings is 3. The number of halogens is 2. The van der Waals surface area contributed by atoms with E-state index in [1.54, 1.807) is 42.5 Å². The smallest absolute Gasteiger partial charge is 0.228 e. The number of carbonyl (C=O) groups is 1. The number of nitrogens with one attached hydrogen (secondary N) is 2. The molecule has 0 fully saturated rings. The summed E-state index contributed by atoms with van der Waals surface area (Å²) in [5.41, 5.74) is 2.84. The number of hydrogen-bond donors (Lipinski definition) is 2. The van der Waals surface area contributed by atoms with E-state index in [0.717, 1.165) is 11.3 Å². The Hall–Kier alpha value is -3.21. The normalized spacial score (nSPS) is 10.4. The predicted molar refractivity (Wildman–Crippen MR) is 98.9 cm³/mol. The lowest BCUT2D eigenvalue weighted by atomic mass is 10.1. The maximum Gasteiger partial charge on any atom is 0.228 e. The van der Waals surface area contributed by atoms with Crippen LogP contribution >= 0.6 is 0 Å². The Labute approximate surface area is 150 Å². The first-order valence-corrected chi connectivity index (χ1v) is 8.22. The molecule has 3 nitrogen and oxygen atoms in total. The van der Waals surface area contributed by atoms with Gasteiger partial charge in [0.2, 0.25) is 5.91 Å². The summed E-state index contributed by atoms with van der Waals surface area (Å²) in [7, 11) is 0. The summed E-state index contributed by atoms with van der Waals surface area (Å²) < 4.78 is 26.5. The average Bonchev–Trinajstić information content (AvgIpc) is 2.64. The van der Waals surface area contributed by atoms with Crippen LogP contribution < -0.4 is 10.6 Å². The molecular formula is C21H18F2N2O. The van der Waals surface area contributed by atoms with Crippen LogP contribution in [0.4, 0.5) is 20.2 Å². The quantitative estimate of drug-likeness (QED) is 0.672. The van der Waals surface area contributed by atoms with Gasteiger partial charge in [-0.15, -0.1) is 0 Å². The van der Waals surface area contributed by atoms with E-state index in [2.05, 4.69) is 10.6 Å². The summed E-state index contributed by atoms with van der Waals surface area (Å²) in [6.07, 6.45) is -0.0166. The van der Waals surface area contributed by atoms with Gasteiger partial charge in [-0.2, -0.15) is 0 Å². The van der Waals surface area contributed by atoms with E-state index in [1.165, 1.54) is 18.2 Å². The van der Waals surface area contributed by atoms with Crippen molar-refractivity contribution in [3.05, 3.63) is 95.6 Å². The van der Waals surface area contributed by atoms with Crippen molar-refractivity contribution in [3.8, 4) is 0 Å². The summed E-state index contributed by atoms with van der Waals surface area (Å²) in [6.45, 7) is 0.569. The van der Waals surface area contributed by atoms with Gasteiger partial charge in [0.1, 0.15) is 11.6 Å². The molecule has 0 unspecified atom stereocenters. The van der Waals surface area contributed by atoms with Crippen LogP contribution in [0, 0.1) is 11.6 Å². The molecule has 2 N–H and O–H groups in total. The highest BCUT2D eigenvalue weighted by atomic mass is 19.1. The molecule has 0 radical (unpaired) electrons. The van der Waals surface area contributed by atoms with Gasteiger partial charge < -0.3 is 10.6 Å². The van der Waals surface area contributed by atoms with Crippen molar-refractivity contribution < 1.29 is 13.6 Å². The van der Waals surface area contributed by atoms with E-state index in [9.17, 15) is 13.6 Å². The molecule has 0 heterocycles. The topological polar surface area (TPSA) is 41.1 Å². The first-order chi connectivity index (χ1) is 12.6. The van der Waals surface area contributed by atoms with Crippen molar-refractivity contribution in [3.63, 3.8) is 0 Å². The molecule has 0 saturated carbocycles. The van der Waals surface area contributed by atoms with Crippen molar-refractivity contribution in [2.24, 2.45) is 0 Å². The first kappa shape index (κ1) is 17.6. The van der Waals surface area contributed by atoms with Crippen LogP contribution in [-0.4, -0.2) is 5.91 Å². The molecule has 5 heteroatoms. The molecule has 3 aromatic rings. The van der Waals surface area contributed by atoms with Gasteiger partial charge >= 0.3 is 0 Å². The standard InChI is InChI=1S/C21H18F2N2O/c22-17-7-5-15(6-8-17)14-24-18-9-11-19(12-10-18)25-21(26)13-16-3-1-2-4-20(16)23/h1-12,24H,13-14H2,(H,25,26). The second kappa shape index (κ2) is 8.25. The van der Waals surface area contributed by atoms with Gasteiger partial charge in [-0.25, -0.2) is 8.78 Å². The molecule has 0 aliphatic rings. The summed E-state index contributed by atoms with van der Waals surface area (Å²) >= 11 is 0. The maximum atomic E-state index is 13.6. The molecule has 0 spiro atoms. The number of carbonyl (C=O) groups excluding carboxylic acids is 1. The molecule has 0 aliphatic carbocycles. The molecule has 0 aliphatic heterocycles. The van der Waals surface area contributed by atoms with E-state index >= 15 is 0 Å². The van der Waals surface area contributed by atoms with Gasteiger partial charge in [0.05, 0.1) is 6.42 Å². The zero-order valence-electron chi connectivity index (χ0n) is 14.0. The van der Waals surface area contributed by atoms with Gasteiger partial charge in [-0.1, -0.05) is 30.3 Å². The lowest BCUT2D eigenvalue weighted by molar-refractivity contribution is -0.115. The Kier molecular flexibility index (Phi) is 5.59. The van der Waals surface area contributed by atoms with Crippen molar-refractivity contribution in [2.75, 3.05) is 10.6 Å². The van der Waals surface area contributed by atoms with E-state index in [-0.39, 0.29) is 24.0 Å². The fourth-order valence-corrected chi connectivity index (χ4v) is 2.50. The minimum absolute atomic E-state index is 0.0166. The molecule has 26 heavy (non-hydrogen) atoms. The zero-order chi connectivity index (χ0) is 18.4. The maximum absolute atomic E-state index is 13.6. The van der Waals surface area contributed by atoms with Crippen LogP contribution in [-0.2, 0) is 17.8 Å². The molecule has 0 bridgehead atoms. The average molecular weight is 352 g/mol. The van der Waals surface area contributed by atoms with Crippen LogP contribution in [0.1, 0.15) is 11.1 Å². The van der Waals surface area contributed by atoms with Gasteiger partial charge in [0.15, 0.2) is 0 Å². The van der Waals surface area contributed by atoms with Gasteiger partial charge in [0.25, 0.3) is 0 Å². The first-order valence-electron chi connectivity index (χ1n) is 8.22. The minimum Gasteiger partial charge on any atom is -0.381 e. The third-order valence-corrected chi connectivity index (χ3v) is 3.89. The fourth-order valence-electron chi connectivity index (χ4n) is 2.50. The molecular weight excluding hydrogens is 334 g/mol. The number of hydrogen-bond acceptors (Lipinski definition) is 2. The Morgan fingerprint density at radius 2 is 1.46 bits per heavy atom. The van der Waals surface area contributed by atoms with Gasteiger partial charge in [0, 0.05) is 17.9 Å². The third-order valence-electron chi connectivity index (χ3n) is 3.89. The number of anilines is 2. The van der Waals surface area contributed by atoms with E-state index in [1.807, 2.05) is 12.1 Å². The number of amides is 1. The van der Waals surface area contributed by atoms with E-state index in [4.69, 9.17) is 0 Å². The molecule has 0 atom stereocenters. The molecule has 1 amide bonds. The van der Waals surface area contributed by atoms with Crippen molar-refractivity contribution >= 4 is 17.3 Å².